The summed E-state index contributed by atoms with van der Waals surface area (Å²) < 4.78 is 0. The quantitative estimate of drug-likeness (QED) is 0.627. The number of rotatable bonds is 5. The third-order valence-corrected chi connectivity index (χ3v) is 5.00. The van der Waals surface area contributed by atoms with Gasteiger partial charge < -0.3 is 10.2 Å². The number of hydrogen-bond acceptors (Lipinski definition) is 5. The Morgan fingerprint density at radius 1 is 1.15 bits per heavy atom. The molecule has 1 atom stereocenters. The molecule has 1 N–H and O–H groups in total. The van der Waals surface area contributed by atoms with E-state index in [9.17, 15) is 14.9 Å². The molecule has 142 valence electrons. The number of nitro benzene ring substituents is 1. The van der Waals surface area contributed by atoms with E-state index in [-0.39, 0.29) is 17.6 Å². The summed E-state index contributed by atoms with van der Waals surface area (Å²) in [4.78, 5) is 27.1. The van der Waals surface area contributed by atoms with Gasteiger partial charge in [0.15, 0.2) is 0 Å². The minimum absolute atomic E-state index is 0.00168. The summed E-state index contributed by atoms with van der Waals surface area (Å²) >= 11 is 6.06. The average molecular weight is 389 g/mol. The second kappa shape index (κ2) is 8.37. The van der Waals surface area contributed by atoms with Gasteiger partial charge in [0.1, 0.15) is 0 Å². The summed E-state index contributed by atoms with van der Waals surface area (Å²) in [7, 11) is 0. The lowest BCUT2D eigenvalue weighted by atomic mass is 10.2. The Labute approximate surface area is 162 Å². The number of hydrogen-bond donors (Lipinski definition) is 1. The highest BCUT2D eigenvalue weighted by atomic mass is 35.5. The monoisotopic (exact) mass is 388 g/mol. The molecule has 7 nitrogen and oxygen atoms in total. The lowest BCUT2D eigenvalue weighted by Gasteiger charge is -2.38. The molecule has 1 saturated heterocycles. The molecule has 0 spiro atoms. The van der Waals surface area contributed by atoms with Crippen molar-refractivity contribution in [3.05, 3.63) is 63.7 Å². The zero-order chi connectivity index (χ0) is 19.4. The summed E-state index contributed by atoms with van der Waals surface area (Å²) in [5.41, 5.74) is 1.64. The van der Waals surface area contributed by atoms with Crippen molar-refractivity contribution in [2.45, 2.75) is 13.0 Å². The molecule has 8 heteroatoms. The van der Waals surface area contributed by atoms with Crippen molar-refractivity contribution in [3.8, 4) is 0 Å². The van der Waals surface area contributed by atoms with E-state index in [1.54, 1.807) is 12.1 Å². The Morgan fingerprint density at radius 2 is 1.81 bits per heavy atom. The number of benzene rings is 2. The molecule has 0 aromatic heterocycles. The van der Waals surface area contributed by atoms with Gasteiger partial charge in [-0.1, -0.05) is 17.7 Å². The molecule has 1 heterocycles. The molecule has 2 aromatic rings. The Morgan fingerprint density at radius 3 is 2.41 bits per heavy atom. The molecular weight excluding hydrogens is 368 g/mol. The zero-order valence-corrected chi connectivity index (χ0v) is 15.7. The van der Waals surface area contributed by atoms with Crippen LogP contribution in [0, 0.1) is 10.1 Å². The van der Waals surface area contributed by atoms with Crippen LogP contribution in [0.4, 0.5) is 17.1 Å². The maximum absolute atomic E-state index is 12.5. The third kappa shape index (κ3) is 4.75. The van der Waals surface area contributed by atoms with Crippen LogP contribution in [-0.2, 0) is 4.79 Å². The molecule has 27 heavy (non-hydrogen) atoms. The normalized spacial score (nSPS) is 16.0. The molecule has 2 aromatic carbocycles. The Bertz CT molecular complexity index is 820. The fraction of sp³-hybridized carbons (Fsp3) is 0.316. The van der Waals surface area contributed by atoms with Crippen molar-refractivity contribution in [2.24, 2.45) is 0 Å². The van der Waals surface area contributed by atoms with Gasteiger partial charge in [0, 0.05) is 54.7 Å². The number of amides is 1. The van der Waals surface area contributed by atoms with Crippen molar-refractivity contribution in [1.82, 2.24) is 4.90 Å². The highest BCUT2D eigenvalue weighted by Gasteiger charge is 2.26. The Hall–Kier alpha value is -2.64. The van der Waals surface area contributed by atoms with E-state index in [2.05, 4.69) is 15.1 Å². The zero-order valence-electron chi connectivity index (χ0n) is 15.0. The summed E-state index contributed by atoms with van der Waals surface area (Å²) in [6.45, 7) is 5.03. The van der Waals surface area contributed by atoms with Crippen LogP contribution in [0.25, 0.3) is 0 Å². The summed E-state index contributed by atoms with van der Waals surface area (Å²) in [6.07, 6.45) is 0. The maximum atomic E-state index is 12.5. The molecule has 1 aliphatic rings. The van der Waals surface area contributed by atoms with Crippen LogP contribution in [0.15, 0.2) is 48.5 Å². The molecule has 0 bridgehead atoms. The van der Waals surface area contributed by atoms with Crippen molar-refractivity contribution < 1.29 is 9.72 Å². The van der Waals surface area contributed by atoms with Crippen LogP contribution in [0.1, 0.15) is 6.92 Å². The van der Waals surface area contributed by atoms with Gasteiger partial charge in [-0.2, -0.15) is 0 Å². The van der Waals surface area contributed by atoms with Gasteiger partial charge in [0.2, 0.25) is 5.91 Å². The number of carbonyl (C=O) groups excluding carboxylic acids is 1. The van der Waals surface area contributed by atoms with Crippen LogP contribution >= 0.6 is 11.6 Å². The topological polar surface area (TPSA) is 78.7 Å². The van der Waals surface area contributed by atoms with E-state index in [0.717, 1.165) is 31.9 Å². The average Bonchev–Trinajstić information content (AvgIpc) is 2.68. The molecule has 3 rings (SSSR count). The lowest BCUT2D eigenvalue weighted by Crippen LogP contribution is -2.52. The number of nitro groups is 1. The first-order chi connectivity index (χ1) is 12.9. The van der Waals surface area contributed by atoms with E-state index in [4.69, 9.17) is 11.6 Å². The highest BCUT2D eigenvalue weighted by Crippen LogP contribution is 2.22. The number of nitrogens with one attached hydrogen (secondary N) is 1. The summed E-state index contributed by atoms with van der Waals surface area (Å²) in [6, 6.07) is 13.3. The molecular formula is C19H21ClN4O3. The van der Waals surface area contributed by atoms with Gasteiger partial charge >= 0.3 is 0 Å². The maximum Gasteiger partial charge on any atom is 0.269 e. The smallest absolute Gasteiger partial charge is 0.269 e. The van der Waals surface area contributed by atoms with Crippen molar-refractivity contribution in [3.63, 3.8) is 0 Å². The second-order valence-corrected chi connectivity index (χ2v) is 6.91. The minimum atomic E-state index is -0.465. The Balaban J connectivity index is 1.54. The van der Waals surface area contributed by atoms with Crippen molar-refractivity contribution >= 4 is 34.6 Å². The van der Waals surface area contributed by atoms with Crippen LogP contribution < -0.4 is 10.2 Å². The molecule has 0 radical (unpaired) electrons. The van der Waals surface area contributed by atoms with Gasteiger partial charge in [-0.05, 0) is 37.3 Å². The molecule has 0 aliphatic carbocycles. The van der Waals surface area contributed by atoms with E-state index in [1.165, 1.54) is 12.1 Å². The number of non-ortho nitro benzene ring substituents is 1. The van der Waals surface area contributed by atoms with Gasteiger partial charge in [-0.15, -0.1) is 0 Å². The largest absolute Gasteiger partial charge is 0.369 e. The van der Waals surface area contributed by atoms with Crippen molar-refractivity contribution in [2.75, 3.05) is 36.4 Å². The SMILES string of the molecule is CC(C(=O)Nc1ccc([N+](=O)[O-])cc1)N1CCN(c2cccc(Cl)c2)CC1. The standard InChI is InChI=1S/C19H21ClN4O3/c1-14(19(25)21-16-5-7-17(8-6-16)24(26)27)22-9-11-23(12-10-22)18-4-2-3-15(20)13-18/h2-8,13-14H,9-12H2,1H3,(H,21,25). The van der Waals surface area contributed by atoms with Crippen LogP contribution in [-0.4, -0.2) is 48.0 Å². The first kappa shape index (κ1) is 19.1. The third-order valence-electron chi connectivity index (χ3n) is 4.76. The second-order valence-electron chi connectivity index (χ2n) is 6.47. The van der Waals surface area contributed by atoms with Gasteiger partial charge in [-0.3, -0.25) is 19.8 Å². The lowest BCUT2D eigenvalue weighted by molar-refractivity contribution is -0.384. The van der Waals surface area contributed by atoms with Crippen LogP contribution in [0.2, 0.25) is 5.02 Å². The molecule has 0 saturated carbocycles. The number of anilines is 2. The molecule has 1 aliphatic heterocycles. The number of carbonyl (C=O) groups is 1. The van der Waals surface area contributed by atoms with Crippen LogP contribution in [0.5, 0.6) is 0 Å². The first-order valence-corrected chi connectivity index (χ1v) is 9.12. The fourth-order valence-corrected chi connectivity index (χ4v) is 3.30. The molecule has 1 fully saturated rings. The van der Waals surface area contributed by atoms with Gasteiger partial charge in [0.05, 0.1) is 11.0 Å². The number of nitrogens with zero attached hydrogens (tertiary/aromatic N) is 3. The predicted octanol–water partition coefficient (Wildman–Crippen LogP) is 3.40. The van der Waals surface area contributed by atoms with Gasteiger partial charge in [0.25, 0.3) is 5.69 Å². The fourth-order valence-electron chi connectivity index (χ4n) is 3.12. The van der Waals surface area contributed by atoms with E-state index >= 15 is 0 Å². The Kier molecular flexibility index (Phi) is 5.93. The molecule has 1 unspecified atom stereocenters. The predicted molar refractivity (Wildman–Crippen MR) is 106 cm³/mol. The number of halogens is 1. The minimum Gasteiger partial charge on any atom is -0.369 e. The van der Waals surface area contributed by atoms with E-state index < -0.39 is 4.92 Å². The number of piperazine rings is 1. The van der Waals surface area contributed by atoms with Gasteiger partial charge in [-0.25, -0.2) is 0 Å². The van der Waals surface area contributed by atoms with Crippen molar-refractivity contribution in [1.29, 1.82) is 0 Å². The molecule has 1 amide bonds. The summed E-state index contributed by atoms with van der Waals surface area (Å²) in [5.74, 6) is -0.125. The van der Waals surface area contributed by atoms with Crippen LogP contribution in [0.3, 0.4) is 0 Å². The first-order valence-electron chi connectivity index (χ1n) is 8.74. The van der Waals surface area contributed by atoms with E-state index in [0.29, 0.717) is 10.7 Å². The van der Waals surface area contributed by atoms with E-state index in [1.807, 2.05) is 31.2 Å². The highest BCUT2D eigenvalue weighted by molar-refractivity contribution is 6.30. The summed E-state index contributed by atoms with van der Waals surface area (Å²) in [5, 5.41) is 14.2.